The zero-order valence-electron chi connectivity index (χ0n) is 9.00. The highest BCUT2D eigenvalue weighted by atomic mass is 32.2. The molecule has 0 bridgehead atoms. The second-order valence-electron chi connectivity index (χ2n) is 4.33. The monoisotopic (exact) mass is 273 g/mol. The van der Waals surface area contributed by atoms with Gasteiger partial charge in [-0.2, -0.15) is 30.6 Å². The van der Waals surface area contributed by atoms with E-state index in [0.29, 0.717) is 19.5 Å². The average Bonchev–Trinajstić information content (AvgIpc) is 2.73. The molecule has 2 heterocycles. The van der Waals surface area contributed by atoms with Crippen LogP contribution in [0.3, 0.4) is 0 Å². The van der Waals surface area contributed by atoms with Gasteiger partial charge in [0.2, 0.25) is 0 Å². The van der Waals surface area contributed by atoms with E-state index in [2.05, 4.69) is 5.32 Å². The molecule has 0 spiro atoms. The summed E-state index contributed by atoms with van der Waals surface area (Å²) in [6, 6.07) is -0.208. The Labute approximate surface area is 97.5 Å². The summed E-state index contributed by atoms with van der Waals surface area (Å²) < 4.78 is 62.1. The van der Waals surface area contributed by atoms with Crippen molar-refractivity contribution in [3.8, 4) is 0 Å². The Hall–Kier alpha value is -0.380. The Morgan fingerprint density at radius 1 is 1.35 bits per heavy atom. The normalized spacial score (nSPS) is 30.8. The van der Waals surface area contributed by atoms with Crippen molar-refractivity contribution in [2.45, 2.75) is 18.6 Å². The molecule has 0 saturated carbocycles. The quantitative estimate of drug-likeness (QED) is 0.740. The first kappa shape index (κ1) is 13.1. The van der Waals surface area contributed by atoms with Crippen molar-refractivity contribution < 1.29 is 21.6 Å². The summed E-state index contributed by atoms with van der Waals surface area (Å²) in [6.07, 6.45) is -3.83. The number of nitrogens with zero attached hydrogens (tertiary/aromatic N) is 1. The summed E-state index contributed by atoms with van der Waals surface area (Å²) in [7, 11) is -4.02. The lowest BCUT2D eigenvalue weighted by atomic mass is 10.1. The molecule has 2 aliphatic rings. The highest BCUT2D eigenvalue weighted by Crippen LogP contribution is 2.29. The molecule has 0 aromatic carbocycles. The molecule has 2 fully saturated rings. The number of halogens is 3. The summed E-state index contributed by atoms with van der Waals surface area (Å²) in [5, 5.41) is 3.04. The van der Waals surface area contributed by atoms with Crippen molar-refractivity contribution in [1.82, 2.24) is 14.3 Å². The van der Waals surface area contributed by atoms with E-state index in [4.69, 9.17) is 0 Å². The minimum absolute atomic E-state index is 0.208. The molecule has 2 aliphatic heterocycles. The van der Waals surface area contributed by atoms with E-state index in [1.165, 1.54) is 0 Å². The first-order valence-electron chi connectivity index (χ1n) is 5.33. The van der Waals surface area contributed by atoms with Crippen LogP contribution in [0.15, 0.2) is 0 Å². The van der Waals surface area contributed by atoms with Gasteiger partial charge >= 0.3 is 6.18 Å². The Bertz CT molecular complexity index is 384. The predicted molar refractivity (Wildman–Crippen MR) is 54.4 cm³/mol. The van der Waals surface area contributed by atoms with Gasteiger partial charge in [-0.25, -0.2) is 0 Å². The zero-order chi connectivity index (χ0) is 12.7. The maximum atomic E-state index is 12.0. The number of hydrogen-bond acceptors (Lipinski definition) is 3. The van der Waals surface area contributed by atoms with Crippen LogP contribution in [0.2, 0.25) is 0 Å². The molecule has 9 heteroatoms. The standard InChI is InChI=1S/C8H14F3N3O2S/c9-8(10,11)5-13-17(15,16)14-2-1-6-3-12-4-7(6)14/h6-7,12-13H,1-5H2/t6-,7+/m0/s1. The first-order chi connectivity index (χ1) is 7.80. The largest absolute Gasteiger partial charge is 0.402 e. The lowest BCUT2D eigenvalue weighted by Gasteiger charge is -2.23. The molecule has 0 radical (unpaired) electrons. The van der Waals surface area contributed by atoms with Crippen molar-refractivity contribution in [1.29, 1.82) is 0 Å². The molecule has 2 N–H and O–H groups in total. The van der Waals surface area contributed by atoms with Gasteiger partial charge in [-0.15, -0.1) is 0 Å². The summed E-state index contributed by atoms with van der Waals surface area (Å²) in [4.78, 5) is 0. The Morgan fingerprint density at radius 3 is 2.71 bits per heavy atom. The molecule has 100 valence electrons. The van der Waals surface area contributed by atoms with E-state index in [-0.39, 0.29) is 12.0 Å². The Kier molecular flexibility index (Phi) is 3.36. The Balaban J connectivity index is 2.01. The molecule has 2 rings (SSSR count). The average molecular weight is 273 g/mol. The van der Waals surface area contributed by atoms with Crippen LogP contribution >= 0.6 is 0 Å². The number of fused-ring (bicyclic) bond motifs is 1. The molecule has 0 aromatic rings. The van der Waals surface area contributed by atoms with Crippen LogP contribution in [-0.4, -0.2) is 51.1 Å². The fraction of sp³-hybridized carbons (Fsp3) is 1.00. The van der Waals surface area contributed by atoms with Crippen LogP contribution in [-0.2, 0) is 10.2 Å². The molecule has 5 nitrogen and oxygen atoms in total. The summed E-state index contributed by atoms with van der Waals surface area (Å²) >= 11 is 0. The summed E-state index contributed by atoms with van der Waals surface area (Å²) in [6.45, 7) is 0.0222. The van der Waals surface area contributed by atoms with Crippen molar-refractivity contribution >= 4 is 10.2 Å². The third-order valence-electron chi connectivity index (χ3n) is 3.16. The van der Waals surface area contributed by atoms with Gasteiger partial charge < -0.3 is 5.32 Å². The fourth-order valence-electron chi connectivity index (χ4n) is 2.36. The minimum atomic E-state index is -4.53. The molecule has 17 heavy (non-hydrogen) atoms. The van der Waals surface area contributed by atoms with Crippen LogP contribution in [0.4, 0.5) is 13.2 Å². The van der Waals surface area contributed by atoms with E-state index >= 15 is 0 Å². The fourth-order valence-corrected chi connectivity index (χ4v) is 3.82. The zero-order valence-corrected chi connectivity index (χ0v) is 9.81. The van der Waals surface area contributed by atoms with Crippen molar-refractivity contribution in [2.75, 3.05) is 26.2 Å². The molecular weight excluding hydrogens is 259 g/mol. The maximum Gasteiger partial charge on any atom is 0.402 e. The number of nitrogens with one attached hydrogen (secondary N) is 2. The van der Waals surface area contributed by atoms with Crippen LogP contribution in [0.25, 0.3) is 0 Å². The highest BCUT2D eigenvalue weighted by molar-refractivity contribution is 7.87. The third-order valence-corrected chi connectivity index (χ3v) is 4.74. The molecule has 0 aromatic heterocycles. The molecule has 2 atom stereocenters. The van der Waals surface area contributed by atoms with Gasteiger partial charge in [0.05, 0.1) is 0 Å². The Morgan fingerprint density at radius 2 is 2.06 bits per heavy atom. The SMILES string of the molecule is O=S(=O)(NCC(F)(F)F)N1CC[C@H]2CNC[C@H]21. The minimum Gasteiger partial charge on any atom is -0.315 e. The second kappa shape index (κ2) is 4.38. The molecule has 0 unspecified atom stereocenters. The third kappa shape index (κ3) is 2.90. The van der Waals surface area contributed by atoms with Gasteiger partial charge in [0.15, 0.2) is 0 Å². The number of hydrogen-bond donors (Lipinski definition) is 2. The van der Waals surface area contributed by atoms with E-state index < -0.39 is 22.9 Å². The smallest absolute Gasteiger partial charge is 0.315 e. The molecule has 0 aliphatic carbocycles. The van der Waals surface area contributed by atoms with E-state index in [9.17, 15) is 21.6 Å². The summed E-state index contributed by atoms with van der Waals surface area (Å²) in [5.41, 5.74) is 0. The predicted octanol–water partition coefficient (Wildman–Crippen LogP) is -0.323. The highest BCUT2D eigenvalue weighted by Gasteiger charge is 2.44. The first-order valence-corrected chi connectivity index (χ1v) is 6.77. The van der Waals surface area contributed by atoms with Crippen LogP contribution in [0.5, 0.6) is 0 Å². The van der Waals surface area contributed by atoms with Gasteiger partial charge in [-0.3, -0.25) is 0 Å². The van der Waals surface area contributed by atoms with Gasteiger partial charge in [0, 0.05) is 19.1 Å². The molecule has 2 saturated heterocycles. The van der Waals surface area contributed by atoms with Crippen molar-refractivity contribution in [3.05, 3.63) is 0 Å². The molecular formula is C8H14F3N3O2S. The lowest BCUT2D eigenvalue weighted by molar-refractivity contribution is -0.121. The van der Waals surface area contributed by atoms with Crippen molar-refractivity contribution in [2.24, 2.45) is 5.92 Å². The molecule has 0 amide bonds. The van der Waals surface area contributed by atoms with E-state index in [1.807, 2.05) is 0 Å². The topological polar surface area (TPSA) is 61.4 Å². The van der Waals surface area contributed by atoms with Crippen LogP contribution in [0.1, 0.15) is 6.42 Å². The van der Waals surface area contributed by atoms with E-state index in [0.717, 1.165) is 10.8 Å². The van der Waals surface area contributed by atoms with Crippen molar-refractivity contribution in [3.63, 3.8) is 0 Å². The van der Waals surface area contributed by atoms with E-state index in [1.54, 1.807) is 4.72 Å². The van der Waals surface area contributed by atoms with Crippen LogP contribution in [0, 0.1) is 5.92 Å². The van der Waals surface area contributed by atoms with Gasteiger partial charge in [0.25, 0.3) is 10.2 Å². The van der Waals surface area contributed by atoms with Crippen LogP contribution < -0.4 is 10.0 Å². The van der Waals surface area contributed by atoms with Gasteiger partial charge in [-0.05, 0) is 18.9 Å². The number of rotatable bonds is 3. The maximum absolute atomic E-state index is 12.0. The number of alkyl halides is 3. The van der Waals surface area contributed by atoms with Gasteiger partial charge in [0.1, 0.15) is 6.54 Å². The summed E-state index contributed by atoms with van der Waals surface area (Å²) in [5.74, 6) is 0.220. The second-order valence-corrected chi connectivity index (χ2v) is 6.03. The lowest BCUT2D eigenvalue weighted by Crippen LogP contribution is -2.47. The van der Waals surface area contributed by atoms with Gasteiger partial charge in [-0.1, -0.05) is 0 Å².